The van der Waals surface area contributed by atoms with Crippen LogP contribution in [0.1, 0.15) is 22.8 Å². The highest BCUT2D eigenvalue weighted by atomic mass is 16.4. The molecule has 16 heavy (non-hydrogen) atoms. The quantitative estimate of drug-likeness (QED) is 0.778. The molecule has 0 bridgehead atoms. The SMILES string of the molecule is C=C/C=C\C(=C/C)c1ccc(C(=O)O)cc1. The Hall–Kier alpha value is -2.09. The Morgan fingerprint density at radius 1 is 1.25 bits per heavy atom. The molecular formula is C14H14O2. The highest BCUT2D eigenvalue weighted by Gasteiger charge is 2.02. The van der Waals surface area contributed by atoms with E-state index < -0.39 is 5.97 Å². The van der Waals surface area contributed by atoms with Crippen molar-refractivity contribution < 1.29 is 9.90 Å². The molecular weight excluding hydrogens is 200 g/mol. The first-order valence-electron chi connectivity index (χ1n) is 4.98. The second-order valence-corrected chi connectivity index (χ2v) is 3.22. The van der Waals surface area contributed by atoms with Crippen LogP contribution in [0, 0.1) is 0 Å². The van der Waals surface area contributed by atoms with E-state index in [0.717, 1.165) is 11.1 Å². The van der Waals surface area contributed by atoms with Gasteiger partial charge in [0, 0.05) is 0 Å². The molecule has 0 spiro atoms. The maximum absolute atomic E-state index is 10.7. The summed E-state index contributed by atoms with van der Waals surface area (Å²) in [4.78, 5) is 10.7. The van der Waals surface area contributed by atoms with Crippen LogP contribution in [0.4, 0.5) is 0 Å². The number of hydrogen-bond acceptors (Lipinski definition) is 1. The van der Waals surface area contributed by atoms with Gasteiger partial charge in [0.05, 0.1) is 5.56 Å². The monoisotopic (exact) mass is 214 g/mol. The molecule has 0 radical (unpaired) electrons. The lowest BCUT2D eigenvalue weighted by molar-refractivity contribution is 0.0697. The molecule has 2 heteroatoms. The van der Waals surface area contributed by atoms with Crippen LogP contribution in [0.3, 0.4) is 0 Å². The third-order valence-corrected chi connectivity index (χ3v) is 2.19. The van der Waals surface area contributed by atoms with Crippen molar-refractivity contribution in [2.24, 2.45) is 0 Å². The summed E-state index contributed by atoms with van der Waals surface area (Å²) in [5.41, 5.74) is 2.33. The lowest BCUT2D eigenvalue weighted by Gasteiger charge is -2.02. The van der Waals surface area contributed by atoms with E-state index in [0.29, 0.717) is 5.56 Å². The van der Waals surface area contributed by atoms with Gasteiger partial charge >= 0.3 is 5.97 Å². The van der Waals surface area contributed by atoms with Crippen LogP contribution in [0.2, 0.25) is 0 Å². The van der Waals surface area contributed by atoms with Crippen LogP contribution >= 0.6 is 0 Å². The number of rotatable bonds is 4. The van der Waals surface area contributed by atoms with Gasteiger partial charge in [0.25, 0.3) is 0 Å². The summed E-state index contributed by atoms with van der Waals surface area (Å²) < 4.78 is 0. The fraction of sp³-hybridized carbons (Fsp3) is 0.0714. The van der Waals surface area contributed by atoms with Gasteiger partial charge < -0.3 is 5.11 Å². The van der Waals surface area contributed by atoms with E-state index in [-0.39, 0.29) is 0 Å². The Balaban J connectivity index is 3.00. The zero-order valence-electron chi connectivity index (χ0n) is 9.18. The molecule has 0 atom stereocenters. The molecule has 1 rings (SSSR count). The molecule has 0 aromatic heterocycles. The van der Waals surface area contributed by atoms with Crippen LogP contribution in [-0.2, 0) is 0 Å². The van der Waals surface area contributed by atoms with Crippen LogP contribution < -0.4 is 0 Å². The number of aromatic carboxylic acids is 1. The number of benzene rings is 1. The maximum Gasteiger partial charge on any atom is 0.335 e. The van der Waals surface area contributed by atoms with Gasteiger partial charge in [0.2, 0.25) is 0 Å². The molecule has 0 saturated carbocycles. The first kappa shape index (κ1) is 12.0. The van der Waals surface area contributed by atoms with Crippen molar-refractivity contribution in [3.63, 3.8) is 0 Å². The van der Waals surface area contributed by atoms with Crippen molar-refractivity contribution in [3.8, 4) is 0 Å². The second-order valence-electron chi connectivity index (χ2n) is 3.22. The zero-order chi connectivity index (χ0) is 12.0. The summed E-state index contributed by atoms with van der Waals surface area (Å²) in [5, 5.41) is 8.77. The molecule has 0 aliphatic heterocycles. The van der Waals surface area contributed by atoms with Gasteiger partial charge in [-0.05, 0) is 30.2 Å². The first-order valence-corrected chi connectivity index (χ1v) is 4.98. The molecule has 0 heterocycles. The van der Waals surface area contributed by atoms with E-state index in [4.69, 9.17) is 5.11 Å². The summed E-state index contributed by atoms with van der Waals surface area (Å²) >= 11 is 0. The lowest BCUT2D eigenvalue weighted by atomic mass is 10.0. The number of carboxylic acids is 1. The topological polar surface area (TPSA) is 37.3 Å². The number of allylic oxidation sites excluding steroid dienone is 5. The summed E-state index contributed by atoms with van der Waals surface area (Å²) in [6.45, 7) is 5.54. The molecule has 0 aliphatic rings. The van der Waals surface area contributed by atoms with Crippen molar-refractivity contribution in [3.05, 3.63) is 66.3 Å². The minimum Gasteiger partial charge on any atom is -0.478 e. The Labute approximate surface area is 95.2 Å². The molecule has 2 nitrogen and oxygen atoms in total. The van der Waals surface area contributed by atoms with Gasteiger partial charge in [-0.1, -0.05) is 43.0 Å². The largest absolute Gasteiger partial charge is 0.478 e. The van der Waals surface area contributed by atoms with Gasteiger partial charge in [-0.25, -0.2) is 4.79 Å². The van der Waals surface area contributed by atoms with E-state index in [1.54, 1.807) is 30.3 Å². The fourth-order valence-electron chi connectivity index (χ4n) is 1.34. The van der Waals surface area contributed by atoms with Crippen molar-refractivity contribution in [1.29, 1.82) is 0 Å². The predicted molar refractivity (Wildman–Crippen MR) is 66.4 cm³/mol. The van der Waals surface area contributed by atoms with Gasteiger partial charge in [0.1, 0.15) is 0 Å². The fourth-order valence-corrected chi connectivity index (χ4v) is 1.34. The Bertz CT molecular complexity index is 436. The normalized spacial score (nSPS) is 11.7. The summed E-state index contributed by atoms with van der Waals surface area (Å²) in [6.07, 6.45) is 7.45. The van der Waals surface area contributed by atoms with E-state index in [1.165, 1.54) is 0 Å². The molecule has 0 aliphatic carbocycles. The maximum atomic E-state index is 10.7. The molecule has 0 saturated heterocycles. The van der Waals surface area contributed by atoms with E-state index in [2.05, 4.69) is 6.58 Å². The van der Waals surface area contributed by atoms with Gasteiger partial charge in [0.15, 0.2) is 0 Å². The molecule has 82 valence electrons. The van der Waals surface area contributed by atoms with Gasteiger partial charge in [-0.3, -0.25) is 0 Å². The number of hydrogen-bond donors (Lipinski definition) is 1. The van der Waals surface area contributed by atoms with Gasteiger partial charge in [-0.15, -0.1) is 0 Å². The Morgan fingerprint density at radius 2 is 1.81 bits per heavy atom. The molecule has 1 aromatic carbocycles. The highest BCUT2D eigenvalue weighted by Crippen LogP contribution is 2.16. The third kappa shape index (κ3) is 2.95. The summed E-state index contributed by atoms with van der Waals surface area (Å²) in [6, 6.07) is 6.80. The Morgan fingerprint density at radius 3 is 2.25 bits per heavy atom. The first-order chi connectivity index (χ1) is 7.69. The van der Waals surface area contributed by atoms with Crippen molar-refractivity contribution >= 4 is 11.5 Å². The van der Waals surface area contributed by atoms with Crippen molar-refractivity contribution in [1.82, 2.24) is 0 Å². The number of carbonyl (C=O) groups is 1. The minimum absolute atomic E-state index is 0.298. The van der Waals surface area contributed by atoms with Crippen molar-refractivity contribution in [2.75, 3.05) is 0 Å². The van der Waals surface area contributed by atoms with E-state index >= 15 is 0 Å². The van der Waals surface area contributed by atoms with Gasteiger partial charge in [-0.2, -0.15) is 0 Å². The standard InChI is InChI=1S/C14H14O2/c1-3-5-6-11(4-2)12-7-9-13(10-8-12)14(15)16/h3-10H,1H2,2H3,(H,15,16)/b6-5-,11-4+. The smallest absolute Gasteiger partial charge is 0.335 e. The number of carboxylic acid groups (broad SMARTS) is 1. The zero-order valence-corrected chi connectivity index (χ0v) is 9.18. The van der Waals surface area contributed by atoms with Crippen LogP contribution in [0.15, 0.2) is 55.1 Å². The van der Waals surface area contributed by atoms with Crippen LogP contribution in [0.25, 0.3) is 5.57 Å². The van der Waals surface area contributed by atoms with E-state index in [9.17, 15) is 4.79 Å². The molecule has 0 fully saturated rings. The van der Waals surface area contributed by atoms with Crippen LogP contribution in [-0.4, -0.2) is 11.1 Å². The average Bonchev–Trinajstić information content (AvgIpc) is 2.30. The lowest BCUT2D eigenvalue weighted by Crippen LogP contribution is -1.95. The predicted octanol–water partition coefficient (Wildman–Crippen LogP) is 3.53. The third-order valence-electron chi connectivity index (χ3n) is 2.19. The molecule has 0 unspecified atom stereocenters. The average molecular weight is 214 g/mol. The summed E-state index contributed by atoms with van der Waals surface area (Å²) in [5.74, 6) is -0.907. The van der Waals surface area contributed by atoms with E-state index in [1.807, 2.05) is 25.2 Å². The summed E-state index contributed by atoms with van der Waals surface area (Å²) in [7, 11) is 0. The molecule has 1 N–H and O–H groups in total. The Kier molecular flexibility index (Phi) is 4.28. The highest BCUT2D eigenvalue weighted by molar-refractivity contribution is 5.88. The van der Waals surface area contributed by atoms with Crippen molar-refractivity contribution in [2.45, 2.75) is 6.92 Å². The molecule has 0 amide bonds. The van der Waals surface area contributed by atoms with Crippen LogP contribution in [0.5, 0.6) is 0 Å². The molecule has 1 aromatic rings. The minimum atomic E-state index is -0.907. The second kappa shape index (κ2) is 5.71.